The highest BCUT2D eigenvalue weighted by molar-refractivity contribution is 6.02. The standard InChI is InChI=1S/C16H23N3O/c1-2-3-4-5-6-11-16(18,19)15(20)14-9-7-13(12-17)8-10-14/h7-10H,2-6,11,18-19H2,1H3. The topological polar surface area (TPSA) is 92.9 Å². The van der Waals surface area contributed by atoms with Crippen molar-refractivity contribution in [3.05, 3.63) is 35.4 Å². The van der Waals surface area contributed by atoms with E-state index in [-0.39, 0.29) is 5.78 Å². The Morgan fingerprint density at radius 1 is 1.15 bits per heavy atom. The van der Waals surface area contributed by atoms with Crippen molar-refractivity contribution >= 4 is 5.78 Å². The van der Waals surface area contributed by atoms with Crippen LogP contribution in [-0.4, -0.2) is 11.4 Å². The second-order valence-corrected chi connectivity index (χ2v) is 5.22. The zero-order chi connectivity index (χ0) is 15.0. The van der Waals surface area contributed by atoms with Gasteiger partial charge in [0.2, 0.25) is 0 Å². The molecule has 0 atom stereocenters. The first-order valence-electron chi connectivity index (χ1n) is 7.14. The fourth-order valence-corrected chi connectivity index (χ4v) is 2.10. The minimum atomic E-state index is -1.32. The van der Waals surface area contributed by atoms with Crippen molar-refractivity contribution in [3.8, 4) is 6.07 Å². The summed E-state index contributed by atoms with van der Waals surface area (Å²) in [4.78, 5) is 12.3. The first-order valence-corrected chi connectivity index (χ1v) is 7.14. The zero-order valence-corrected chi connectivity index (χ0v) is 12.1. The van der Waals surface area contributed by atoms with Gasteiger partial charge in [0.05, 0.1) is 11.6 Å². The van der Waals surface area contributed by atoms with E-state index in [1.807, 2.05) is 6.07 Å². The van der Waals surface area contributed by atoms with Gasteiger partial charge in [-0.3, -0.25) is 4.79 Å². The summed E-state index contributed by atoms with van der Waals surface area (Å²) >= 11 is 0. The number of hydrogen-bond donors (Lipinski definition) is 2. The summed E-state index contributed by atoms with van der Waals surface area (Å²) in [6.07, 6.45) is 5.92. The number of nitrogens with two attached hydrogens (primary N) is 2. The molecule has 0 radical (unpaired) electrons. The van der Waals surface area contributed by atoms with Crippen LogP contribution < -0.4 is 11.5 Å². The predicted octanol–water partition coefficient (Wildman–Crippen LogP) is 2.72. The van der Waals surface area contributed by atoms with E-state index in [0.29, 0.717) is 17.5 Å². The van der Waals surface area contributed by atoms with Gasteiger partial charge in [0.1, 0.15) is 5.66 Å². The average molecular weight is 273 g/mol. The molecule has 0 unspecified atom stereocenters. The molecule has 0 heterocycles. The van der Waals surface area contributed by atoms with Gasteiger partial charge in [0.15, 0.2) is 5.78 Å². The Morgan fingerprint density at radius 3 is 2.30 bits per heavy atom. The van der Waals surface area contributed by atoms with Crippen LogP contribution in [0.2, 0.25) is 0 Å². The highest BCUT2D eigenvalue weighted by Gasteiger charge is 2.29. The van der Waals surface area contributed by atoms with Crippen LogP contribution >= 0.6 is 0 Å². The Kier molecular flexibility index (Phi) is 6.37. The monoisotopic (exact) mass is 273 g/mol. The molecule has 1 aromatic rings. The number of carbonyl (C=O) groups is 1. The summed E-state index contributed by atoms with van der Waals surface area (Å²) in [6, 6.07) is 8.42. The SMILES string of the molecule is CCCCCCCC(N)(N)C(=O)c1ccc(C#N)cc1. The van der Waals surface area contributed by atoms with Crippen LogP contribution in [-0.2, 0) is 0 Å². The number of rotatable bonds is 8. The van der Waals surface area contributed by atoms with E-state index < -0.39 is 5.66 Å². The van der Waals surface area contributed by atoms with Crippen molar-refractivity contribution in [3.63, 3.8) is 0 Å². The van der Waals surface area contributed by atoms with Crippen LogP contribution in [0.25, 0.3) is 0 Å². The molecule has 1 rings (SSSR count). The highest BCUT2D eigenvalue weighted by atomic mass is 16.1. The Balaban J connectivity index is 2.57. The predicted molar refractivity (Wildman–Crippen MR) is 80.0 cm³/mol. The molecule has 0 fully saturated rings. The summed E-state index contributed by atoms with van der Waals surface area (Å²) < 4.78 is 0. The number of hydrogen-bond acceptors (Lipinski definition) is 4. The maximum Gasteiger partial charge on any atom is 0.196 e. The largest absolute Gasteiger partial charge is 0.307 e. The van der Waals surface area contributed by atoms with E-state index in [0.717, 1.165) is 19.3 Å². The minimum Gasteiger partial charge on any atom is -0.307 e. The van der Waals surface area contributed by atoms with Gasteiger partial charge in [-0.1, -0.05) is 32.6 Å². The Hall–Kier alpha value is -1.70. The third-order valence-electron chi connectivity index (χ3n) is 3.39. The van der Waals surface area contributed by atoms with Gasteiger partial charge in [-0.15, -0.1) is 0 Å². The molecular weight excluding hydrogens is 250 g/mol. The van der Waals surface area contributed by atoms with Crippen molar-refractivity contribution in [1.29, 1.82) is 5.26 Å². The van der Waals surface area contributed by atoms with E-state index in [9.17, 15) is 4.79 Å². The van der Waals surface area contributed by atoms with E-state index in [1.54, 1.807) is 24.3 Å². The highest BCUT2D eigenvalue weighted by Crippen LogP contribution is 2.15. The number of Topliss-reactive ketones (excluding diaryl/α,β-unsaturated/α-hetero) is 1. The lowest BCUT2D eigenvalue weighted by Crippen LogP contribution is -2.56. The van der Waals surface area contributed by atoms with Gasteiger partial charge >= 0.3 is 0 Å². The van der Waals surface area contributed by atoms with Crippen molar-refractivity contribution < 1.29 is 4.79 Å². The third-order valence-corrected chi connectivity index (χ3v) is 3.39. The van der Waals surface area contributed by atoms with Crippen LogP contribution in [0.1, 0.15) is 61.4 Å². The van der Waals surface area contributed by atoms with E-state index in [1.165, 1.54) is 12.8 Å². The summed E-state index contributed by atoms with van der Waals surface area (Å²) in [5.41, 5.74) is 11.5. The summed E-state index contributed by atoms with van der Waals surface area (Å²) in [7, 11) is 0. The zero-order valence-electron chi connectivity index (χ0n) is 12.1. The van der Waals surface area contributed by atoms with Crippen LogP contribution in [0.3, 0.4) is 0 Å². The Bertz CT molecular complexity index is 471. The third kappa shape index (κ3) is 4.76. The van der Waals surface area contributed by atoms with Gasteiger partial charge in [0, 0.05) is 5.56 Å². The van der Waals surface area contributed by atoms with Gasteiger partial charge in [0.25, 0.3) is 0 Å². The van der Waals surface area contributed by atoms with Crippen molar-refractivity contribution in [1.82, 2.24) is 0 Å². The summed E-state index contributed by atoms with van der Waals surface area (Å²) in [5.74, 6) is -0.266. The fraction of sp³-hybridized carbons (Fsp3) is 0.500. The molecule has 4 N–H and O–H groups in total. The first-order chi connectivity index (χ1) is 9.51. The lowest BCUT2D eigenvalue weighted by Gasteiger charge is -2.23. The molecule has 4 heteroatoms. The van der Waals surface area contributed by atoms with Gasteiger partial charge in [-0.05, 0) is 37.1 Å². The van der Waals surface area contributed by atoms with E-state index in [4.69, 9.17) is 16.7 Å². The molecule has 0 aliphatic rings. The molecule has 0 aromatic heterocycles. The summed E-state index contributed by atoms with van der Waals surface area (Å²) in [5, 5.41) is 8.73. The van der Waals surface area contributed by atoms with Gasteiger partial charge in [-0.25, -0.2) is 0 Å². The van der Waals surface area contributed by atoms with Gasteiger partial charge < -0.3 is 11.5 Å². The quantitative estimate of drug-likeness (QED) is 0.432. The van der Waals surface area contributed by atoms with Crippen molar-refractivity contribution in [2.75, 3.05) is 0 Å². The van der Waals surface area contributed by atoms with Crippen LogP contribution in [0.5, 0.6) is 0 Å². The molecule has 0 amide bonds. The smallest absolute Gasteiger partial charge is 0.196 e. The summed E-state index contributed by atoms with van der Waals surface area (Å²) in [6.45, 7) is 2.16. The average Bonchev–Trinajstić information content (AvgIpc) is 2.46. The van der Waals surface area contributed by atoms with Crippen molar-refractivity contribution in [2.45, 2.75) is 51.1 Å². The molecule has 108 valence electrons. The van der Waals surface area contributed by atoms with Crippen molar-refractivity contribution in [2.24, 2.45) is 11.5 Å². The normalized spacial score (nSPS) is 11.1. The lowest BCUT2D eigenvalue weighted by molar-refractivity contribution is 0.0881. The molecule has 0 spiro atoms. The minimum absolute atomic E-state index is 0.266. The lowest BCUT2D eigenvalue weighted by atomic mass is 9.93. The number of benzene rings is 1. The number of ketones is 1. The molecule has 20 heavy (non-hydrogen) atoms. The number of nitriles is 1. The molecule has 0 aliphatic carbocycles. The maximum atomic E-state index is 12.3. The molecule has 0 saturated heterocycles. The molecule has 0 bridgehead atoms. The molecule has 0 aliphatic heterocycles. The molecule has 1 aromatic carbocycles. The Morgan fingerprint density at radius 2 is 1.75 bits per heavy atom. The van der Waals surface area contributed by atoms with Crippen LogP contribution in [0.4, 0.5) is 0 Å². The second-order valence-electron chi connectivity index (χ2n) is 5.22. The molecule has 0 saturated carbocycles. The van der Waals surface area contributed by atoms with Gasteiger partial charge in [-0.2, -0.15) is 5.26 Å². The first kappa shape index (κ1) is 16.4. The number of unbranched alkanes of at least 4 members (excludes halogenated alkanes) is 4. The number of nitrogens with zero attached hydrogens (tertiary/aromatic N) is 1. The molecular formula is C16H23N3O. The maximum absolute atomic E-state index is 12.3. The van der Waals surface area contributed by atoms with E-state index in [2.05, 4.69) is 6.92 Å². The van der Waals surface area contributed by atoms with Crippen LogP contribution in [0, 0.1) is 11.3 Å². The Labute approximate surface area is 120 Å². The van der Waals surface area contributed by atoms with Crippen LogP contribution in [0.15, 0.2) is 24.3 Å². The van der Waals surface area contributed by atoms with E-state index >= 15 is 0 Å². The number of carbonyl (C=O) groups excluding carboxylic acids is 1. The second kappa shape index (κ2) is 7.78. The molecule has 4 nitrogen and oxygen atoms in total. The fourth-order valence-electron chi connectivity index (χ4n) is 2.10.